The van der Waals surface area contributed by atoms with Crippen LogP contribution in [0.4, 0.5) is 0 Å². The summed E-state index contributed by atoms with van der Waals surface area (Å²) in [6, 6.07) is 0. The lowest BCUT2D eigenvalue weighted by Crippen LogP contribution is -2.25. The summed E-state index contributed by atoms with van der Waals surface area (Å²) in [7, 11) is 0. The Balaban J connectivity index is 2.36. The number of carbonyl (C=O) groups excluding carboxylic acids is 1. The van der Waals surface area contributed by atoms with Crippen molar-refractivity contribution in [3.63, 3.8) is 0 Å². The first-order valence-corrected chi connectivity index (χ1v) is 5.48. The number of aliphatic hydroxyl groups is 1. The van der Waals surface area contributed by atoms with Gasteiger partial charge >= 0.3 is 0 Å². The number of nitrogens with one attached hydrogen (secondary N) is 1. The van der Waals surface area contributed by atoms with E-state index in [2.05, 4.69) is 10.5 Å². The zero-order valence-corrected chi connectivity index (χ0v) is 9.75. The van der Waals surface area contributed by atoms with Crippen molar-refractivity contribution >= 4 is 5.91 Å². The molecular formula is C11H18N2O3. The molecule has 1 amide bonds. The number of unbranched alkanes of at least 4 members (excludes halogenated alkanes) is 2. The molecule has 0 aliphatic carbocycles. The van der Waals surface area contributed by atoms with Crippen molar-refractivity contribution < 1.29 is 14.4 Å². The molecule has 0 unspecified atom stereocenters. The van der Waals surface area contributed by atoms with Crippen molar-refractivity contribution in [3.8, 4) is 0 Å². The molecule has 2 N–H and O–H groups in total. The fraction of sp³-hybridized carbons (Fsp3) is 0.636. The average molecular weight is 226 g/mol. The standard InChI is InChI=1S/C11H18N2O3/c1-8-10(9(2)16-13-8)11(15)12-6-4-3-5-7-14/h14H,3-7H2,1-2H3,(H,12,15). The van der Waals surface area contributed by atoms with E-state index in [9.17, 15) is 4.79 Å². The summed E-state index contributed by atoms with van der Waals surface area (Å²) in [5, 5.41) is 15.1. The Hall–Kier alpha value is -1.36. The number of aliphatic hydroxyl groups excluding tert-OH is 1. The fourth-order valence-corrected chi connectivity index (χ4v) is 1.51. The van der Waals surface area contributed by atoms with Crippen molar-refractivity contribution in [1.29, 1.82) is 0 Å². The van der Waals surface area contributed by atoms with Crippen LogP contribution in [0.3, 0.4) is 0 Å². The van der Waals surface area contributed by atoms with Gasteiger partial charge in [0.15, 0.2) is 0 Å². The Labute approximate surface area is 94.8 Å². The van der Waals surface area contributed by atoms with E-state index in [-0.39, 0.29) is 12.5 Å². The average Bonchev–Trinajstić information content (AvgIpc) is 2.58. The number of amides is 1. The van der Waals surface area contributed by atoms with E-state index in [1.165, 1.54) is 0 Å². The number of aryl methyl sites for hydroxylation is 2. The van der Waals surface area contributed by atoms with Crippen LogP contribution in [-0.2, 0) is 0 Å². The number of carbonyl (C=O) groups is 1. The third-order valence-corrected chi connectivity index (χ3v) is 2.38. The fourth-order valence-electron chi connectivity index (χ4n) is 1.51. The van der Waals surface area contributed by atoms with E-state index in [1.807, 2.05) is 0 Å². The summed E-state index contributed by atoms with van der Waals surface area (Å²) in [6.07, 6.45) is 2.56. The minimum absolute atomic E-state index is 0.139. The first kappa shape index (κ1) is 12.7. The third-order valence-electron chi connectivity index (χ3n) is 2.38. The summed E-state index contributed by atoms with van der Waals surface area (Å²) in [5.41, 5.74) is 1.15. The Bertz CT molecular complexity index is 327. The van der Waals surface area contributed by atoms with Crippen molar-refractivity contribution in [1.82, 2.24) is 10.5 Å². The third kappa shape index (κ3) is 3.34. The maximum absolute atomic E-state index is 11.7. The summed E-state index contributed by atoms with van der Waals surface area (Å²) in [5.74, 6) is 0.408. The lowest BCUT2D eigenvalue weighted by Gasteiger charge is -2.03. The zero-order valence-electron chi connectivity index (χ0n) is 9.75. The predicted octanol–water partition coefficient (Wildman–Crippen LogP) is 1.18. The highest BCUT2D eigenvalue weighted by molar-refractivity contribution is 5.95. The predicted molar refractivity (Wildman–Crippen MR) is 59.2 cm³/mol. The highest BCUT2D eigenvalue weighted by Gasteiger charge is 2.16. The van der Waals surface area contributed by atoms with Crippen LogP contribution in [-0.4, -0.2) is 29.3 Å². The van der Waals surface area contributed by atoms with E-state index in [4.69, 9.17) is 9.63 Å². The van der Waals surface area contributed by atoms with Gasteiger partial charge in [0.25, 0.3) is 5.91 Å². The summed E-state index contributed by atoms with van der Waals surface area (Å²) in [4.78, 5) is 11.7. The van der Waals surface area contributed by atoms with E-state index in [0.29, 0.717) is 23.6 Å². The van der Waals surface area contributed by atoms with Gasteiger partial charge in [0.2, 0.25) is 0 Å². The van der Waals surface area contributed by atoms with Crippen LogP contribution in [0, 0.1) is 13.8 Å². The molecule has 5 nitrogen and oxygen atoms in total. The molecule has 1 rings (SSSR count). The molecule has 0 saturated heterocycles. The lowest BCUT2D eigenvalue weighted by atomic mass is 10.2. The van der Waals surface area contributed by atoms with Crippen molar-refractivity contribution in [2.45, 2.75) is 33.1 Å². The first-order valence-electron chi connectivity index (χ1n) is 5.48. The topological polar surface area (TPSA) is 75.4 Å². The van der Waals surface area contributed by atoms with E-state index < -0.39 is 0 Å². The van der Waals surface area contributed by atoms with Crippen LogP contribution in [0.1, 0.15) is 41.1 Å². The van der Waals surface area contributed by atoms with Crippen molar-refractivity contribution in [2.75, 3.05) is 13.2 Å². The molecule has 0 fully saturated rings. The van der Waals surface area contributed by atoms with Gasteiger partial charge in [-0.1, -0.05) is 5.16 Å². The second kappa shape index (κ2) is 6.27. The monoisotopic (exact) mass is 226 g/mol. The number of rotatable bonds is 6. The van der Waals surface area contributed by atoms with E-state index in [0.717, 1.165) is 19.3 Å². The molecule has 1 heterocycles. The molecular weight excluding hydrogens is 208 g/mol. The molecule has 0 aromatic carbocycles. The maximum atomic E-state index is 11.7. The number of hydrogen-bond acceptors (Lipinski definition) is 4. The van der Waals surface area contributed by atoms with Crippen LogP contribution in [0.5, 0.6) is 0 Å². The first-order chi connectivity index (χ1) is 7.66. The Morgan fingerprint density at radius 2 is 2.12 bits per heavy atom. The van der Waals surface area contributed by atoms with Crippen LogP contribution < -0.4 is 5.32 Å². The SMILES string of the molecule is Cc1noc(C)c1C(=O)NCCCCCO. The Morgan fingerprint density at radius 3 is 2.69 bits per heavy atom. The molecule has 0 saturated carbocycles. The highest BCUT2D eigenvalue weighted by Crippen LogP contribution is 2.11. The normalized spacial score (nSPS) is 10.4. The number of nitrogens with zero attached hydrogens (tertiary/aromatic N) is 1. The number of hydrogen-bond donors (Lipinski definition) is 2. The Morgan fingerprint density at radius 1 is 1.38 bits per heavy atom. The summed E-state index contributed by atoms with van der Waals surface area (Å²) >= 11 is 0. The highest BCUT2D eigenvalue weighted by atomic mass is 16.5. The zero-order chi connectivity index (χ0) is 12.0. The molecule has 0 bridgehead atoms. The number of aromatic nitrogens is 1. The molecule has 1 aromatic rings. The Kier molecular flexibility index (Phi) is 4.98. The van der Waals surface area contributed by atoms with Crippen LogP contribution >= 0.6 is 0 Å². The molecule has 90 valence electrons. The lowest BCUT2D eigenvalue weighted by molar-refractivity contribution is 0.0951. The molecule has 1 aromatic heterocycles. The smallest absolute Gasteiger partial charge is 0.256 e. The summed E-state index contributed by atoms with van der Waals surface area (Å²) < 4.78 is 4.92. The van der Waals surface area contributed by atoms with E-state index >= 15 is 0 Å². The van der Waals surface area contributed by atoms with Gasteiger partial charge in [0, 0.05) is 13.2 Å². The second-order valence-corrected chi connectivity index (χ2v) is 3.74. The van der Waals surface area contributed by atoms with Gasteiger partial charge in [-0.05, 0) is 33.1 Å². The van der Waals surface area contributed by atoms with Gasteiger partial charge in [-0.3, -0.25) is 4.79 Å². The van der Waals surface area contributed by atoms with Crippen LogP contribution in [0.25, 0.3) is 0 Å². The minimum Gasteiger partial charge on any atom is -0.396 e. The molecule has 0 radical (unpaired) electrons. The molecule has 16 heavy (non-hydrogen) atoms. The van der Waals surface area contributed by atoms with Crippen molar-refractivity contribution in [2.24, 2.45) is 0 Å². The van der Waals surface area contributed by atoms with E-state index in [1.54, 1.807) is 13.8 Å². The molecule has 0 spiro atoms. The molecule has 0 atom stereocenters. The quantitative estimate of drug-likeness (QED) is 0.714. The summed E-state index contributed by atoms with van der Waals surface area (Å²) in [6.45, 7) is 4.29. The van der Waals surface area contributed by atoms with Crippen molar-refractivity contribution in [3.05, 3.63) is 17.0 Å². The van der Waals surface area contributed by atoms with Gasteiger partial charge in [0.05, 0.1) is 5.69 Å². The largest absolute Gasteiger partial charge is 0.396 e. The van der Waals surface area contributed by atoms with Crippen LogP contribution in [0.2, 0.25) is 0 Å². The molecule has 0 aliphatic heterocycles. The molecule has 0 aliphatic rings. The second-order valence-electron chi connectivity index (χ2n) is 3.74. The van der Waals surface area contributed by atoms with Gasteiger partial charge in [-0.25, -0.2) is 0 Å². The van der Waals surface area contributed by atoms with Gasteiger partial charge in [-0.15, -0.1) is 0 Å². The minimum atomic E-state index is -0.139. The molecule has 5 heteroatoms. The van der Waals surface area contributed by atoms with Gasteiger partial charge in [0.1, 0.15) is 11.3 Å². The van der Waals surface area contributed by atoms with Gasteiger partial charge < -0.3 is 14.9 Å². The maximum Gasteiger partial charge on any atom is 0.256 e. The van der Waals surface area contributed by atoms with Crippen LogP contribution in [0.15, 0.2) is 4.52 Å². The van der Waals surface area contributed by atoms with Gasteiger partial charge in [-0.2, -0.15) is 0 Å².